The van der Waals surface area contributed by atoms with Crippen LogP contribution in [0.25, 0.3) is 0 Å². The van der Waals surface area contributed by atoms with Crippen molar-refractivity contribution in [3.63, 3.8) is 0 Å². The van der Waals surface area contributed by atoms with Crippen molar-refractivity contribution in [1.29, 1.82) is 0 Å². The minimum Gasteiger partial charge on any atom is -0.349 e. The van der Waals surface area contributed by atoms with E-state index in [4.69, 9.17) is 0 Å². The Labute approximate surface area is 113 Å². The summed E-state index contributed by atoms with van der Waals surface area (Å²) in [5.74, 6) is -0.0426. The van der Waals surface area contributed by atoms with Gasteiger partial charge in [-0.25, -0.2) is 4.79 Å². The van der Waals surface area contributed by atoms with E-state index in [-0.39, 0.29) is 18.0 Å². The van der Waals surface area contributed by atoms with E-state index < -0.39 is 0 Å². The zero-order valence-electron chi connectivity index (χ0n) is 11.1. The van der Waals surface area contributed by atoms with Gasteiger partial charge in [0.25, 0.3) is 5.91 Å². The molecule has 1 heterocycles. The SMILES string of the molecule is CNC(=O)N1CCC(NC(=O)c2ccccc2)CC1. The Bertz CT molecular complexity index is 439. The van der Waals surface area contributed by atoms with E-state index in [9.17, 15) is 9.59 Å². The van der Waals surface area contributed by atoms with Crippen LogP contribution in [0, 0.1) is 0 Å². The number of benzene rings is 1. The summed E-state index contributed by atoms with van der Waals surface area (Å²) in [6.45, 7) is 1.36. The Morgan fingerprint density at radius 3 is 2.37 bits per heavy atom. The third-order valence-electron chi connectivity index (χ3n) is 3.37. The lowest BCUT2D eigenvalue weighted by molar-refractivity contribution is 0.0918. The zero-order valence-corrected chi connectivity index (χ0v) is 11.1. The summed E-state index contributed by atoms with van der Waals surface area (Å²) >= 11 is 0. The molecule has 1 aromatic rings. The van der Waals surface area contributed by atoms with Gasteiger partial charge in [-0.15, -0.1) is 0 Å². The standard InChI is InChI=1S/C14H19N3O2/c1-15-14(19)17-9-7-12(8-10-17)16-13(18)11-5-3-2-4-6-11/h2-6,12H,7-10H2,1H3,(H,15,19)(H,16,18). The summed E-state index contributed by atoms with van der Waals surface area (Å²) in [5, 5.41) is 5.63. The van der Waals surface area contributed by atoms with E-state index in [2.05, 4.69) is 10.6 Å². The summed E-state index contributed by atoms with van der Waals surface area (Å²) in [4.78, 5) is 25.2. The minimum absolute atomic E-state index is 0.0426. The number of hydrogen-bond acceptors (Lipinski definition) is 2. The number of likely N-dealkylation sites (tertiary alicyclic amines) is 1. The van der Waals surface area contributed by atoms with Crippen LogP contribution in [0.3, 0.4) is 0 Å². The molecule has 0 atom stereocenters. The highest BCUT2D eigenvalue weighted by molar-refractivity contribution is 5.94. The number of nitrogens with one attached hydrogen (secondary N) is 2. The smallest absolute Gasteiger partial charge is 0.317 e. The third-order valence-corrected chi connectivity index (χ3v) is 3.37. The predicted octanol–water partition coefficient (Wildman–Crippen LogP) is 1.22. The lowest BCUT2D eigenvalue weighted by atomic mass is 10.0. The quantitative estimate of drug-likeness (QED) is 0.841. The molecular weight excluding hydrogens is 242 g/mol. The molecule has 3 amide bonds. The second kappa shape index (κ2) is 6.22. The molecule has 0 bridgehead atoms. The van der Waals surface area contributed by atoms with Crippen LogP contribution in [0.1, 0.15) is 23.2 Å². The monoisotopic (exact) mass is 261 g/mol. The van der Waals surface area contributed by atoms with Crippen molar-refractivity contribution in [3.05, 3.63) is 35.9 Å². The van der Waals surface area contributed by atoms with E-state index in [0.717, 1.165) is 12.8 Å². The van der Waals surface area contributed by atoms with Crippen LogP contribution >= 0.6 is 0 Å². The molecule has 1 aliphatic rings. The molecular formula is C14H19N3O2. The van der Waals surface area contributed by atoms with Crippen LogP contribution < -0.4 is 10.6 Å². The molecule has 1 saturated heterocycles. The lowest BCUT2D eigenvalue weighted by Crippen LogP contribution is -2.48. The first-order chi connectivity index (χ1) is 9.20. The summed E-state index contributed by atoms with van der Waals surface area (Å²) in [6, 6.07) is 9.29. The molecule has 19 heavy (non-hydrogen) atoms. The second-order valence-electron chi connectivity index (χ2n) is 4.66. The molecule has 0 aromatic heterocycles. The molecule has 5 heteroatoms. The molecule has 1 fully saturated rings. The van der Waals surface area contributed by atoms with Crippen molar-refractivity contribution in [2.24, 2.45) is 0 Å². The largest absolute Gasteiger partial charge is 0.349 e. The highest BCUT2D eigenvalue weighted by Crippen LogP contribution is 2.11. The molecule has 0 radical (unpaired) electrons. The van der Waals surface area contributed by atoms with Gasteiger partial charge in [0.2, 0.25) is 0 Å². The summed E-state index contributed by atoms with van der Waals surface area (Å²) in [5.41, 5.74) is 0.677. The van der Waals surface area contributed by atoms with Crippen LogP contribution in [0.2, 0.25) is 0 Å². The summed E-state index contributed by atoms with van der Waals surface area (Å²) < 4.78 is 0. The maximum atomic E-state index is 12.0. The fourth-order valence-electron chi connectivity index (χ4n) is 2.24. The van der Waals surface area contributed by atoms with E-state index in [1.54, 1.807) is 24.1 Å². The van der Waals surface area contributed by atoms with Gasteiger partial charge in [0.15, 0.2) is 0 Å². The predicted molar refractivity (Wildman–Crippen MR) is 73.0 cm³/mol. The molecule has 0 unspecified atom stereocenters. The average molecular weight is 261 g/mol. The Morgan fingerprint density at radius 2 is 1.79 bits per heavy atom. The average Bonchev–Trinajstić information content (AvgIpc) is 2.48. The molecule has 1 aromatic carbocycles. The van der Waals surface area contributed by atoms with Crippen molar-refractivity contribution in [2.75, 3.05) is 20.1 Å². The highest BCUT2D eigenvalue weighted by Gasteiger charge is 2.23. The number of amides is 3. The van der Waals surface area contributed by atoms with Gasteiger partial charge in [0.1, 0.15) is 0 Å². The molecule has 0 saturated carbocycles. The fraction of sp³-hybridized carbons (Fsp3) is 0.429. The summed E-state index contributed by atoms with van der Waals surface area (Å²) in [7, 11) is 1.63. The first-order valence-electron chi connectivity index (χ1n) is 6.53. The summed E-state index contributed by atoms with van der Waals surface area (Å²) in [6.07, 6.45) is 1.60. The van der Waals surface area contributed by atoms with E-state index in [1.807, 2.05) is 18.2 Å². The topological polar surface area (TPSA) is 61.4 Å². The van der Waals surface area contributed by atoms with Gasteiger partial charge in [-0.3, -0.25) is 4.79 Å². The Balaban J connectivity index is 1.83. The van der Waals surface area contributed by atoms with Crippen molar-refractivity contribution in [2.45, 2.75) is 18.9 Å². The third kappa shape index (κ3) is 3.47. The van der Waals surface area contributed by atoms with Crippen molar-refractivity contribution in [1.82, 2.24) is 15.5 Å². The van der Waals surface area contributed by atoms with E-state index in [0.29, 0.717) is 18.7 Å². The van der Waals surface area contributed by atoms with Crippen LogP contribution in [0.4, 0.5) is 4.79 Å². The number of nitrogens with zero attached hydrogens (tertiary/aromatic N) is 1. The number of rotatable bonds is 2. The second-order valence-corrected chi connectivity index (χ2v) is 4.66. The number of carbonyl (C=O) groups is 2. The van der Waals surface area contributed by atoms with Gasteiger partial charge >= 0.3 is 6.03 Å². The molecule has 5 nitrogen and oxygen atoms in total. The number of piperidine rings is 1. The van der Waals surface area contributed by atoms with Gasteiger partial charge in [0, 0.05) is 31.7 Å². The maximum Gasteiger partial charge on any atom is 0.317 e. The number of hydrogen-bond donors (Lipinski definition) is 2. The van der Waals surface area contributed by atoms with Crippen LogP contribution in [0.15, 0.2) is 30.3 Å². The van der Waals surface area contributed by atoms with Crippen molar-refractivity contribution < 1.29 is 9.59 Å². The molecule has 2 rings (SSSR count). The fourth-order valence-corrected chi connectivity index (χ4v) is 2.24. The van der Waals surface area contributed by atoms with Crippen molar-refractivity contribution >= 4 is 11.9 Å². The Kier molecular flexibility index (Phi) is 4.39. The van der Waals surface area contributed by atoms with Crippen LogP contribution in [-0.4, -0.2) is 43.0 Å². The molecule has 1 aliphatic heterocycles. The zero-order chi connectivity index (χ0) is 13.7. The van der Waals surface area contributed by atoms with Crippen LogP contribution in [-0.2, 0) is 0 Å². The maximum absolute atomic E-state index is 12.0. The van der Waals surface area contributed by atoms with Gasteiger partial charge in [-0.05, 0) is 25.0 Å². The van der Waals surface area contributed by atoms with Gasteiger partial charge < -0.3 is 15.5 Å². The van der Waals surface area contributed by atoms with E-state index >= 15 is 0 Å². The lowest BCUT2D eigenvalue weighted by Gasteiger charge is -2.32. The first-order valence-corrected chi connectivity index (χ1v) is 6.53. The van der Waals surface area contributed by atoms with Gasteiger partial charge in [-0.1, -0.05) is 18.2 Å². The Hall–Kier alpha value is -2.04. The Morgan fingerprint density at radius 1 is 1.16 bits per heavy atom. The highest BCUT2D eigenvalue weighted by atomic mass is 16.2. The van der Waals surface area contributed by atoms with Crippen molar-refractivity contribution in [3.8, 4) is 0 Å². The molecule has 2 N–H and O–H groups in total. The normalized spacial score (nSPS) is 15.9. The number of carbonyl (C=O) groups excluding carboxylic acids is 2. The first kappa shape index (κ1) is 13.4. The van der Waals surface area contributed by atoms with Crippen LogP contribution in [0.5, 0.6) is 0 Å². The molecule has 0 aliphatic carbocycles. The number of urea groups is 1. The molecule has 0 spiro atoms. The van der Waals surface area contributed by atoms with Gasteiger partial charge in [0.05, 0.1) is 0 Å². The van der Waals surface area contributed by atoms with E-state index in [1.165, 1.54) is 0 Å². The molecule has 102 valence electrons. The van der Waals surface area contributed by atoms with Gasteiger partial charge in [-0.2, -0.15) is 0 Å². The minimum atomic E-state index is -0.0483.